The first-order valence-corrected chi connectivity index (χ1v) is 11.0. The molecule has 0 bridgehead atoms. The Morgan fingerprint density at radius 1 is 1.09 bits per heavy atom. The molecule has 0 spiro atoms. The Hall–Kier alpha value is -3.45. The quantitative estimate of drug-likeness (QED) is 0.453. The van der Waals surface area contributed by atoms with Crippen molar-refractivity contribution in [3.63, 3.8) is 0 Å². The highest BCUT2D eigenvalue weighted by Crippen LogP contribution is 2.37. The normalized spacial score (nSPS) is 14.7. The van der Waals surface area contributed by atoms with Gasteiger partial charge in [0.15, 0.2) is 0 Å². The molecule has 1 aliphatic rings. The fraction of sp³-hybridized carbons (Fsp3) is 0.346. The third kappa shape index (κ3) is 6.08. The molecule has 1 aliphatic heterocycles. The van der Waals surface area contributed by atoms with Crippen molar-refractivity contribution in [1.82, 2.24) is 10.6 Å². The van der Waals surface area contributed by atoms with Gasteiger partial charge in [-0.3, -0.25) is 14.4 Å². The van der Waals surface area contributed by atoms with Gasteiger partial charge in [0.25, 0.3) is 5.91 Å². The third-order valence-electron chi connectivity index (χ3n) is 5.94. The number of carbonyl (C=O) groups excluding carboxylic acids is 3. The highest BCUT2D eigenvalue weighted by Gasteiger charge is 2.40. The summed E-state index contributed by atoms with van der Waals surface area (Å²) in [6.45, 7) is 5.00. The van der Waals surface area contributed by atoms with E-state index in [4.69, 9.17) is 4.74 Å². The monoisotopic (exact) mass is 450 g/mol. The lowest BCUT2D eigenvalue weighted by atomic mass is 9.73. The first-order valence-electron chi connectivity index (χ1n) is 11.0. The Bertz CT molecular complexity index is 1010. The maximum atomic E-state index is 13.1. The van der Waals surface area contributed by atoms with Gasteiger partial charge in [0, 0.05) is 25.3 Å². The topological polar surface area (TPSA) is 93.7 Å². The Morgan fingerprint density at radius 3 is 2.58 bits per heavy atom. The van der Waals surface area contributed by atoms with Crippen LogP contribution in [0.3, 0.4) is 0 Å². The molecular formula is C26H30N2O5. The van der Waals surface area contributed by atoms with Gasteiger partial charge < -0.3 is 20.1 Å². The van der Waals surface area contributed by atoms with Crippen molar-refractivity contribution in [1.29, 1.82) is 0 Å². The number of amides is 2. The van der Waals surface area contributed by atoms with Crippen molar-refractivity contribution >= 4 is 17.8 Å². The van der Waals surface area contributed by atoms with Crippen LogP contribution in [0.25, 0.3) is 11.1 Å². The number of methoxy groups -OCH3 is 1. The summed E-state index contributed by atoms with van der Waals surface area (Å²) in [5.41, 5.74) is 2.73. The second-order valence-electron chi connectivity index (χ2n) is 8.06. The van der Waals surface area contributed by atoms with Crippen molar-refractivity contribution in [2.24, 2.45) is 5.41 Å². The van der Waals surface area contributed by atoms with Crippen molar-refractivity contribution in [2.75, 3.05) is 33.4 Å². The molecule has 2 aromatic carbocycles. The van der Waals surface area contributed by atoms with Crippen LogP contribution >= 0.6 is 0 Å². The maximum Gasteiger partial charge on any atom is 0.325 e. The average molecular weight is 451 g/mol. The molecule has 174 valence electrons. The number of esters is 1. The number of hydrogen-bond acceptors (Lipinski definition) is 5. The minimum absolute atomic E-state index is 0.0106. The summed E-state index contributed by atoms with van der Waals surface area (Å²) in [6.07, 6.45) is 3.52. The van der Waals surface area contributed by atoms with Crippen molar-refractivity contribution in [3.8, 4) is 11.1 Å². The molecule has 1 fully saturated rings. The zero-order chi connectivity index (χ0) is 23.7. The second kappa shape index (κ2) is 11.4. The Morgan fingerprint density at radius 2 is 1.85 bits per heavy atom. The summed E-state index contributed by atoms with van der Waals surface area (Å²) < 4.78 is 10.1. The van der Waals surface area contributed by atoms with E-state index < -0.39 is 11.4 Å². The smallest absolute Gasteiger partial charge is 0.325 e. The molecule has 1 heterocycles. The minimum atomic E-state index is -0.563. The van der Waals surface area contributed by atoms with Crippen molar-refractivity contribution in [3.05, 3.63) is 72.3 Å². The lowest BCUT2D eigenvalue weighted by Gasteiger charge is -2.36. The molecular weight excluding hydrogens is 420 g/mol. The van der Waals surface area contributed by atoms with E-state index in [0.717, 1.165) is 16.7 Å². The molecule has 0 aromatic heterocycles. The summed E-state index contributed by atoms with van der Waals surface area (Å²) in [5.74, 6) is -0.859. The maximum absolute atomic E-state index is 13.1. The van der Waals surface area contributed by atoms with Crippen LogP contribution in [0.15, 0.2) is 61.2 Å². The Balaban J connectivity index is 1.88. The van der Waals surface area contributed by atoms with E-state index in [1.807, 2.05) is 30.3 Å². The first kappa shape index (κ1) is 24.2. The van der Waals surface area contributed by atoms with Gasteiger partial charge in [-0.2, -0.15) is 0 Å². The number of ether oxygens (including phenoxy) is 2. The standard InChI is InChI=1S/C26H30N2O5/c1-3-13-27-25(31)26(11-14-33-15-12-26)17-21-7-4-5-10-22(21)19-8-6-9-20(16-19)24(30)28-18-23(29)32-2/h3-10,16H,1,11-15,17-18H2,2H3,(H,27,31)(H,28,30). The van der Waals surface area contributed by atoms with Crippen LogP contribution < -0.4 is 10.6 Å². The fourth-order valence-electron chi connectivity index (χ4n) is 4.07. The minimum Gasteiger partial charge on any atom is -0.468 e. The van der Waals surface area contributed by atoms with Gasteiger partial charge in [0.2, 0.25) is 5.91 Å². The molecule has 0 radical (unpaired) electrons. The van der Waals surface area contributed by atoms with E-state index in [1.165, 1.54) is 7.11 Å². The van der Waals surface area contributed by atoms with Crippen LogP contribution in [0.4, 0.5) is 0 Å². The fourth-order valence-corrected chi connectivity index (χ4v) is 4.07. The SMILES string of the molecule is C=CCNC(=O)C1(Cc2ccccc2-c2cccc(C(=O)NCC(=O)OC)c2)CCOCC1. The zero-order valence-electron chi connectivity index (χ0n) is 18.9. The Kier molecular flexibility index (Phi) is 8.38. The first-order chi connectivity index (χ1) is 16.0. The molecule has 7 nitrogen and oxygen atoms in total. The molecule has 0 saturated carbocycles. The van der Waals surface area contributed by atoms with Gasteiger partial charge in [0.1, 0.15) is 6.54 Å². The van der Waals surface area contributed by atoms with Gasteiger partial charge in [-0.25, -0.2) is 0 Å². The third-order valence-corrected chi connectivity index (χ3v) is 5.94. The van der Waals surface area contributed by atoms with Crippen LogP contribution in [0, 0.1) is 5.41 Å². The van der Waals surface area contributed by atoms with Crippen LogP contribution in [-0.2, 0) is 25.5 Å². The van der Waals surface area contributed by atoms with E-state index in [-0.39, 0.29) is 18.4 Å². The van der Waals surface area contributed by atoms with Gasteiger partial charge in [-0.15, -0.1) is 6.58 Å². The van der Waals surface area contributed by atoms with E-state index in [0.29, 0.717) is 44.6 Å². The van der Waals surface area contributed by atoms with Gasteiger partial charge in [-0.05, 0) is 48.1 Å². The summed E-state index contributed by atoms with van der Waals surface area (Å²) >= 11 is 0. The van der Waals surface area contributed by atoms with E-state index in [1.54, 1.807) is 24.3 Å². The molecule has 0 aliphatic carbocycles. The number of rotatable bonds is 9. The molecule has 7 heteroatoms. The highest BCUT2D eigenvalue weighted by atomic mass is 16.5. The average Bonchev–Trinajstić information content (AvgIpc) is 2.86. The summed E-state index contributed by atoms with van der Waals surface area (Å²) in [6, 6.07) is 15.1. The zero-order valence-corrected chi connectivity index (χ0v) is 18.9. The lowest BCUT2D eigenvalue weighted by molar-refractivity contribution is -0.139. The number of nitrogens with one attached hydrogen (secondary N) is 2. The molecule has 0 atom stereocenters. The van der Waals surface area contributed by atoms with Crippen LogP contribution in [-0.4, -0.2) is 51.2 Å². The summed E-state index contributed by atoms with van der Waals surface area (Å²) in [7, 11) is 1.27. The molecule has 0 unspecified atom stereocenters. The Labute approximate surface area is 194 Å². The largest absolute Gasteiger partial charge is 0.468 e. The van der Waals surface area contributed by atoms with E-state index >= 15 is 0 Å². The van der Waals surface area contributed by atoms with Gasteiger partial charge in [0.05, 0.1) is 12.5 Å². The van der Waals surface area contributed by atoms with Gasteiger partial charge >= 0.3 is 5.97 Å². The highest BCUT2D eigenvalue weighted by molar-refractivity contribution is 5.97. The predicted molar refractivity (Wildman–Crippen MR) is 126 cm³/mol. The number of hydrogen-bond donors (Lipinski definition) is 2. The van der Waals surface area contributed by atoms with Crippen molar-refractivity contribution < 1.29 is 23.9 Å². The summed E-state index contributed by atoms with van der Waals surface area (Å²) in [5, 5.41) is 5.53. The van der Waals surface area contributed by atoms with Crippen LogP contribution in [0.1, 0.15) is 28.8 Å². The van der Waals surface area contributed by atoms with E-state index in [2.05, 4.69) is 21.9 Å². The number of carbonyl (C=O) groups is 3. The lowest BCUT2D eigenvalue weighted by Crippen LogP contribution is -2.46. The van der Waals surface area contributed by atoms with E-state index in [9.17, 15) is 14.4 Å². The van der Waals surface area contributed by atoms with Crippen LogP contribution in [0.5, 0.6) is 0 Å². The second-order valence-corrected chi connectivity index (χ2v) is 8.06. The molecule has 1 saturated heterocycles. The van der Waals surface area contributed by atoms with Crippen LogP contribution in [0.2, 0.25) is 0 Å². The molecule has 2 amide bonds. The number of benzene rings is 2. The molecule has 2 aromatic rings. The molecule has 3 rings (SSSR count). The van der Waals surface area contributed by atoms with Gasteiger partial charge in [-0.1, -0.05) is 42.5 Å². The molecule has 2 N–H and O–H groups in total. The molecule has 33 heavy (non-hydrogen) atoms. The van der Waals surface area contributed by atoms with Crippen molar-refractivity contribution in [2.45, 2.75) is 19.3 Å². The summed E-state index contributed by atoms with van der Waals surface area (Å²) in [4.78, 5) is 37.0. The predicted octanol–water partition coefficient (Wildman–Crippen LogP) is 2.90.